The van der Waals surface area contributed by atoms with Crippen molar-refractivity contribution >= 4 is 5.69 Å². The third kappa shape index (κ3) is 2.33. The third-order valence-corrected chi connectivity index (χ3v) is 4.06. The Bertz CT molecular complexity index is 435. The van der Waals surface area contributed by atoms with Crippen LogP contribution in [-0.4, -0.2) is 26.2 Å². The lowest BCUT2D eigenvalue weighted by atomic mass is 9.78. The second kappa shape index (κ2) is 5.38. The van der Waals surface area contributed by atoms with Crippen LogP contribution in [0.25, 0.3) is 0 Å². The number of hydrogen-bond donors (Lipinski definition) is 2. The van der Waals surface area contributed by atoms with E-state index in [4.69, 9.17) is 16.7 Å². The summed E-state index contributed by atoms with van der Waals surface area (Å²) in [7, 11) is 0. The number of nitrogens with zero attached hydrogens (tertiary/aromatic N) is 2. The maximum atomic E-state index is 9.13. The molecular weight excluding hydrogens is 224 g/mol. The standard InChI is InChI=1S/C14H20N4/c15-9-12-3-1-2-4-13(12)18-7-5-14(10-16,11-17)6-8-18/h1-4H,5-8,10-11,16-17H2. The molecule has 0 amide bonds. The van der Waals surface area contributed by atoms with Gasteiger partial charge >= 0.3 is 0 Å². The van der Waals surface area contributed by atoms with E-state index in [9.17, 15) is 0 Å². The van der Waals surface area contributed by atoms with Gasteiger partial charge in [0.1, 0.15) is 6.07 Å². The highest BCUT2D eigenvalue weighted by atomic mass is 15.1. The third-order valence-electron chi connectivity index (χ3n) is 4.06. The van der Waals surface area contributed by atoms with E-state index >= 15 is 0 Å². The number of anilines is 1. The van der Waals surface area contributed by atoms with Gasteiger partial charge in [-0.1, -0.05) is 12.1 Å². The fourth-order valence-electron chi connectivity index (χ4n) is 2.56. The highest BCUT2D eigenvalue weighted by Gasteiger charge is 2.32. The molecule has 0 aliphatic carbocycles. The van der Waals surface area contributed by atoms with Crippen LogP contribution in [-0.2, 0) is 0 Å². The maximum absolute atomic E-state index is 9.13. The zero-order valence-corrected chi connectivity index (χ0v) is 10.6. The fourth-order valence-corrected chi connectivity index (χ4v) is 2.56. The molecular formula is C14H20N4. The van der Waals surface area contributed by atoms with E-state index < -0.39 is 0 Å². The van der Waals surface area contributed by atoms with Crippen LogP contribution < -0.4 is 16.4 Å². The Morgan fingerprint density at radius 2 is 1.78 bits per heavy atom. The lowest BCUT2D eigenvalue weighted by Crippen LogP contribution is -2.48. The Morgan fingerprint density at radius 1 is 1.17 bits per heavy atom. The monoisotopic (exact) mass is 244 g/mol. The van der Waals surface area contributed by atoms with Crippen molar-refractivity contribution in [3.8, 4) is 6.07 Å². The first-order chi connectivity index (χ1) is 8.74. The van der Waals surface area contributed by atoms with E-state index in [2.05, 4.69) is 11.0 Å². The summed E-state index contributed by atoms with van der Waals surface area (Å²) in [6, 6.07) is 10.00. The minimum atomic E-state index is 0.0953. The zero-order valence-electron chi connectivity index (χ0n) is 10.6. The first kappa shape index (κ1) is 12.9. The summed E-state index contributed by atoms with van der Waals surface area (Å²) in [6.45, 7) is 3.15. The second-order valence-corrected chi connectivity index (χ2v) is 5.02. The molecule has 1 aliphatic rings. The molecule has 1 saturated heterocycles. The molecule has 0 spiro atoms. The number of hydrogen-bond acceptors (Lipinski definition) is 4. The Kier molecular flexibility index (Phi) is 3.85. The van der Waals surface area contributed by atoms with Gasteiger partial charge in [-0.15, -0.1) is 0 Å². The van der Waals surface area contributed by atoms with E-state index in [1.807, 2.05) is 24.3 Å². The number of para-hydroxylation sites is 1. The quantitative estimate of drug-likeness (QED) is 0.833. The molecule has 0 radical (unpaired) electrons. The Labute approximate surface area is 108 Å². The van der Waals surface area contributed by atoms with Crippen LogP contribution in [0.1, 0.15) is 18.4 Å². The summed E-state index contributed by atoms with van der Waals surface area (Å²) in [5.74, 6) is 0. The van der Waals surface area contributed by atoms with Crippen molar-refractivity contribution < 1.29 is 0 Å². The molecule has 1 aromatic carbocycles. The summed E-state index contributed by atoms with van der Waals surface area (Å²) in [6.07, 6.45) is 2.00. The summed E-state index contributed by atoms with van der Waals surface area (Å²) in [5, 5.41) is 9.13. The van der Waals surface area contributed by atoms with Gasteiger partial charge in [-0.2, -0.15) is 5.26 Å². The Balaban J connectivity index is 2.13. The molecule has 2 rings (SSSR count). The van der Waals surface area contributed by atoms with Crippen molar-refractivity contribution in [1.29, 1.82) is 5.26 Å². The Morgan fingerprint density at radius 3 is 2.33 bits per heavy atom. The lowest BCUT2D eigenvalue weighted by Gasteiger charge is -2.41. The van der Waals surface area contributed by atoms with Gasteiger partial charge in [0.05, 0.1) is 11.3 Å². The van der Waals surface area contributed by atoms with Crippen LogP contribution in [0.3, 0.4) is 0 Å². The summed E-state index contributed by atoms with van der Waals surface area (Å²) in [5.41, 5.74) is 13.5. The van der Waals surface area contributed by atoms with Gasteiger partial charge in [0, 0.05) is 13.1 Å². The molecule has 0 aromatic heterocycles. The van der Waals surface area contributed by atoms with Crippen LogP contribution in [0.2, 0.25) is 0 Å². The van der Waals surface area contributed by atoms with Gasteiger partial charge in [-0.3, -0.25) is 0 Å². The molecule has 1 aromatic rings. The average Bonchev–Trinajstić information content (AvgIpc) is 2.47. The van der Waals surface area contributed by atoms with Crippen molar-refractivity contribution in [2.24, 2.45) is 16.9 Å². The Hall–Kier alpha value is -1.57. The molecule has 4 nitrogen and oxygen atoms in total. The van der Waals surface area contributed by atoms with Gasteiger partial charge in [0.15, 0.2) is 0 Å². The minimum absolute atomic E-state index is 0.0953. The topological polar surface area (TPSA) is 79.1 Å². The number of nitrogens with two attached hydrogens (primary N) is 2. The normalized spacial score (nSPS) is 18.4. The lowest BCUT2D eigenvalue weighted by molar-refractivity contribution is 0.238. The molecule has 18 heavy (non-hydrogen) atoms. The fraction of sp³-hybridized carbons (Fsp3) is 0.500. The highest BCUT2D eigenvalue weighted by molar-refractivity contribution is 5.59. The van der Waals surface area contributed by atoms with Crippen LogP contribution >= 0.6 is 0 Å². The average molecular weight is 244 g/mol. The van der Waals surface area contributed by atoms with Gasteiger partial charge < -0.3 is 16.4 Å². The smallest absolute Gasteiger partial charge is 0.101 e. The predicted octanol–water partition coefficient (Wildman–Crippen LogP) is 1.06. The summed E-state index contributed by atoms with van der Waals surface area (Å²) in [4.78, 5) is 2.27. The van der Waals surface area contributed by atoms with Gasteiger partial charge in [0.25, 0.3) is 0 Å². The van der Waals surface area contributed by atoms with E-state index in [0.29, 0.717) is 13.1 Å². The molecule has 1 aliphatic heterocycles. The van der Waals surface area contributed by atoms with Crippen LogP contribution in [0.4, 0.5) is 5.69 Å². The van der Waals surface area contributed by atoms with Crippen molar-refractivity contribution in [2.45, 2.75) is 12.8 Å². The first-order valence-corrected chi connectivity index (χ1v) is 6.39. The molecule has 1 fully saturated rings. The SMILES string of the molecule is N#Cc1ccccc1N1CCC(CN)(CN)CC1. The summed E-state index contributed by atoms with van der Waals surface area (Å²) >= 11 is 0. The molecule has 0 bridgehead atoms. The molecule has 0 atom stereocenters. The van der Waals surface area contributed by atoms with E-state index in [1.165, 1.54) is 0 Å². The maximum Gasteiger partial charge on any atom is 0.101 e. The van der Waals surface area contributed by atoms with Crippen molar-refractivity contribution in [3.63, 3.8) is 0 Å². The van der Waals surface area contributed by atoms with Crippen LogP contribution in [0.15, 0.2) is 24.3 Å². The molecule has 0 unspecified atom stereocenters. The van der Waals surface area contributed by atoms with E-state index in [0.717, 1.165) is 37.2 Å². The molecule has 0 saturated carbocycles. The first-order valence-electron chi connectivity index (χ1n) is 6.39. The highest BCUT2D eigenvalue weighted by Crippen LogP contribution is 2.32. The van der Waals surface area contributed by atoms with Crippen molar-refractivity contribution in [3.05, 3.63) is 29.8 Å². The van der Waals surface area contributed by atoms with Gasteiger partial charge in [0.2, 0.25) is 0 Å². The van der Waals surface area contributed by atoms with E-state index in [1.54, 1.807) is 0 Å². The van der Waals surface area contributed by atoms with Crippen molar-refractivity contribution in [2.75, 3.05) is 31.1 Å². The van der Waals surface area contributed by atoms with Crippen molar-refractivity contribution in [1.82, 2.24) is 0 Å². The number of rotatable bonds is 3. The predicted molar refractivity (Wildman–Crippen MR) is 73.1 cm³/mol. The van der Waals surface area contributed by atoms with E-state index in [-0.39, 0.29) is 5.41 Å². The molecule has 4 N–H and O–H groups in total. The minimum Gasteiger partial charge on any atom is -0.370 e. The number of benzene rings is 1. The van der Waals surface area contributed by atoms with Gasteiger partial charge in [-0.05, 0) is 43.5 Å². The molecule has 1 heterocycles. The van der Waals surface area contributed by atoms with Gasteiger partial charge in [-0.25, -0.2) is 0 Å². The largest absolute Gasteiger partial charge is 0.370 e. The molecule has 96 valence electrons. The number of nitriles is 1. The second-order valence-electron chi connectivity index (χ2n) is 5.02. The number of piperidine rings is 1. The zero-order chi connectivity index (χ0) is 13.0. The molecule has 4 heteroatoms. The summed E-state index contributed by atoms with van der Waals surface area (Å²) < 4.78 is 0. The van der Waals surface area contributed by atoms with Crippen LogP contribution in [0, 0.1) is 16.7 Å². The van der Waals surface area contributed by atoms with Crippen LogP contribution in [0.5, 0.6) is 0 Å².